The lowest BCUT2D eigenvalue weighted by atomic mass is 9.88. The summed E-state index contributed by atoms with van der Waals surface area (Å²) in [5, 5.41) is 11.5. The van der Waals surface area contributed by atoms with E-state index >= 15 is 0 Å². The van der Waals surface area contributed by atoms with Gasteiger partial charge in [0.1, 0.15) is 6.04 Å². The van der Waals surface area contributed by atoms with Gasteiger partial charge in [-0.3, -0.25) is 0 Å². The predicted octanol–water partition coefficient (Wildman–Crippen LogP) is 1.00. The molecule has 2 N–H and O–H groups in total. The van der Waals surface area contributed by atoms with Crippen LogP contribution in [0.5, 0.6) is 0 Å². The van der Waals surface area contributed by atoms with Gasteiger partial charge in [0.05, 0.1) is 13.2 Å². The van der Waals surface area contributed by atoms with Crippen LogP contribution in [0.3, 0.4) is 0 Å². The number of nitrogens with one attached hydrogen (secondary N) is 1. The number of alkyl carbamates (subject to hydrolysis) is 1. The monoisotopic (exact) mass is 245 g/mol. The van der Waals surface area contributed by atoms with Crippen molar-refractivity contribution in [1.82, 2.24) is 5.32 Å². The zero-order valence-electron chi connectivity index (χ0n) is 10.1. The quantitative estimate of drug-likeness (QED) is 0.771. The maximum Gasteiger partial charge on any atom is 0.407 e. The maximum absolute atomic E-state index is 11.1. The molecule has 0 aromatic heterocycles. The van der Waals surface area contributed by atoms with Crippen molar-refractivity contribution in [2.75, 3.05) is 13.7 Å². The van der Waals surface area contributed by atoms with E-state index in [1.165, 1.54) is 7.11 Å². The van der Waals surface area contributed by atoms with Gasteiger partial charge in [-0.1, -0.05) is 6.92 Å². The Morgan fingerprint density at radius 3 is 2.82 bits per heavy atom. The summed E-state index contributed by atoms with van der Waals surface area (Å²) in [4.78, 5) is 22.2. The first-order valence-corrected chi connectivity index (χ1v) is 5.77. The van der Waals surface area contributed by atoms with Gasteiger partial charge in [0, 0.05) is 6.61 Å². The van der Waals surface area contributed by atoms with E-state index in [4.69, 9.17) is 9.84 Å². The largest absolute Gasteiger partial charge is 0.480 e. The van der Waals surface area contributed by atoms with Gasteiger partial charge in [0.15, 0.2) is 0 Å². The first-order chi connectivity index (χ1) is 8.08. The van der Waals surface area contributed by atoms with E-state index < -0.39 is 18.1 Å². The van der Waals surface area contributed by atoms with E-state index in [2.05, 4.69) is 10.1 Å². The fourth-order valence-electron chi connectivity index (χ4n) is 2.06. The number of hydrogen-bond donors (Lipinski definition) is 2. The topological polar surface area (TPSA) is 84.9 Å². The van der Waals surface area contributed by atoms with Gasteiger partial charge >= 0.3 is 12.1 Å². The SMILES string of the molecule is CC[C@@H]1C[C@@H]([C@H](NC(=O)OC)C(=O)O)CCO1. The van der Waals surface area contributed by atoms with Gasteiger partial charge in [0.25, 0.3) is 0 Å². The van der Waals surface area contributed by atoms with E-state index in [1.54, 1.807) is 0 Å². The Bertz CT molecular complexity index is 281. The summed E-state index contributed by atoms with van der Waals surface area (Å²) >= 11 is 0. The molecule has 1 saturated heterocycles. The van der Waals surface area contributed by atoms with Crippen LogP contribution in [0.15, 0.2) is 0 Å². The van der Waals surface area contributed by atoms with Crippen LogP contribution < -0.4 is 5.32 Å². The first kappa shape index (κ1) is 13.8. The normalized spacial score (nSPS) is 26.0. The van der Waals surface area contributed by atoms with Gasteiger partial charge in [-0.25, -0.2) is 9.59 Å². The highest BCUT2D eigenvalue weighted by molar-refractivity contribution is 5.80. The average molecular weight is 245 g/mol. The van der Waals surface area contributed by atoms with E-state index in [9.17, 15) is 9.59 Å². The number of amides is 1. The van der Waals surface area contributed by atoms with Crippen LogP contribution in [-0.2, 0) is 14.3 Å². The lowest BCUT2D eigenvalue weighted by Crippen LogP contribution is -2.48. The van der Waals surface area contributed by atoms with Crippen molar-refractivity contribution >= 4 is 12.1 Å². The summed E-state index contributed by atoms with van der Waals surface area (Å²) in [6.45, 7) is 2.53. The van der Waals surface area contributed by atoms with Crippen molar-refractivity contribution < 1.29 is 24.2 Å². The standard InChI is InChI=1S/C11H19NO5/c1-3-8-6-7(4-5-17-8)9(10(13)14)12-11(15)16-2/h7-9H,3-6H2,1-2H3,(H,12,15)(H,13,14)/t7-,8+,9-/m0/s1. The van der Waals surface area contributed by atoms with Crippen LogP contribution in [-0.4, -0.2) is 43.0 Å². The van der Waals surface area contributed by atoms with Gasteiger partial charge in [-0.2, -0.15) is 0 Å². The Hall–Kier alpha value is -1.30. The van der Waals surface area contributed by atoms with Crippen LogP contribution >= 0.6 is 0 Å². The third-order valence-corrected chi connectivity index (χ3v) is 3.06. The van der Waals surface area contributed by atoms with Gasteiger partial charge in [-0.05, 0) is 25.2 Å². The number of ether oxygens (including phenoxy) is 2. The second-order valence-corrected chi connectivity index (χ2v) is 4.14. The number of hydrogen-bond acceptors (Lipinski definition) is 4. The minimum atomic E-state index is -1.03. The highest BCUT2D eigenvalue weighted by Crippen LogP contribution is 2.25. The molecule has 0 spiro atoms. The highest BCUT2D eigenvalue weighted by Gasteiger charge is 2.34. The van der Waals surface area contributed by atoms with E-state index in [1.807, 2.05) is 6.92 Å². The molecule has 0 bridgehead atoms. The van der Waals surface area contributed by atoms with Crippen molar-refractivity contribution in [2.24, 2.45) is 5.92 Å². The molecule has 1 aliphatic heterocycles. The fourth-order valence-corrected chi connectivity index (χ4v) is 2.06. The predicted molar refractivity (Wildman–Crippen MR) is 59.7 cm³/mol. The van der Waals surface area contributed by atoms with E-state index in [0.717, 1.165) is 6.42 Å². The van der Waals surface area contributed by atoms with Crippen LogP contribution in [0, 0.1) is 5.92 Å². The number of aliphatic carboxylic acids is 1. The third kappa shape index (κ3) is 3.89. The summed E-state index contributed by atoms with van der Waals surface area (Å²) in [6.07, 6.45) is 1.50. The molecule has 1 rings (SSSR count). The van der Waals surface area contributed by atoms with Crippen LogP contribution in [0.25, 0.3) is 0 Å². The van der Waals surface area contributed by atoms with Crippen LogP contribution in [0.4, 0.5) is 4.79 Å². The Balaban J connectivity index is 2.63. The molecule has 0 aliphatic carbocycles. The number of carboxylic acids is 1. The number of carbonyl (C=O) groups is 2. The molecule has 1 fully saturated rings. The number of carbonyl (C=O) groups excluding carboxylic acids is 1. The molecule has 17 heavy (non-hydrogen) atoms. The summed E-state index contributed by atoms with van der Waals surface area (Å²) in [7, 11) is 1.22. The molecule has 1 aliphatic rings. The molecule has 98 valence electrons. The third-order valence-electron chi connectivity index (χ3n) is 3.06. The molecule has 6 heteroatoms. The van der Waals surface area contributed by atoms with Gasteiger partial charge in [0.2, 0.25) is 0 Å². The van der Waals surface area contributed by atoms with Crippen molar-refractivity contribution in [3.8, 4) is 0 Å². The lowest BCUT2D eigenvalue weighted by Gasteiger charge is -2.32. The Kier molecular flexibility index (Phi) is 5.21. The number of rotatable bonds is 4. The summed E-state index contributed by atoms with van der Waals surface area (Å²) in [6, 6.07) is -0.902. The van der Waals surface area contributed by atoms with Crippen molar-refractivity contribution in [1.29, 1.82) is 0 Å². The van der Waals surface area contributed by atoms with Gasteiger partial charge < -0.3 is 19.9 Å². The zero-order chi connectivity index (χ0) is 12.8. The minimum absolute atomic E-state index is 0.0787. The molecule has 3 atom stereocenters. The second-order valence-electron chi connectivity index (χ2n) is 4.14. The lowest BCUT2D eigenvalue weighted by molar-refractivity contribution is -0.142. The fraction of sp³-hybridized carbons (Fsp3) is 0.818. The molecule has 1 amide bonds. The molecule has 6 nitrogen and oxygen atoms in total. The second kappa shape index (κ2) is 6.44. The first-order valence-electron chi connectivity index (χ1n) is 5.77. The molecule has 0 unspecified atom stereocenters. The molecule has 0 aromatic carbocycles. The smallest absolute Gasteiger partial charge is 0.407 e. The number of carboxylic acid groups (broad SMARTS) is 1. The highest BCUT2D eigenvalue weighted by atomic mass is 16.5. The van der Waals surface area contributed by atoms with Crippen LogP contribution in [0.1, 0.15) is 26.2 Å². The van der Waals surface area contributed by atoms with Crippen molar-refractivity contribution in [3.05, 3.63) is 0 Å². The Morgan fingerprint density at radius 2 is 2.29 bits per heavy atom. The zero-order valence-corrected chi connectivity index (χ0v) is 10.1. The molecule has 1 heterocycles. The molecular formula is C11H19NO5. The number of methoxy groups -OCH3 is 1. The summed E-state index contributed by atoms with van der Waals surface area (Å²) in [5.41, 5.74) is 0. The van der Waals surface area contributed by atoms with Crippen molar-refractivity contribution in [3.63, 3.8) is 0 Å². The molecule has 0 saturated carbocycles. The molecule has 0 aromatic rings. The summed E-state index contributed by atoms with van der Waals surface area (Å²) < 4.78 is 9.91. The minimum Gasteiger partial charge on any atom is -0.480 e. The Labute approximate surface area is 100 Å². The van der Waals surface area contributed by atoms with Crippen LogP contribution in [0.2, 0.25) is 0 Å². The van der Waals surface area contributed by atoms with E-state index in [0.29, 0.717) is 19.4 Å². The van der Waals surface area contributed by atoms with Gasteiger partial charge in [-0.15, -0.1) is 0 Å². The molecule has 0 radical (unpaired) electrons. The maximum atomic E-state index is 11.1. The summed E-state index contributed by atoms with van der Waals surface area (Å²) in [5.74, 6) is -1.14. The average Bonchev–Trinajstić information content (AvgIpc) is 2.35. The molecular weight excluding hydrogens is 226 g/mol. The Morgan fingerprint density at radius 1 is 1.59 bits per heavy atom. The van der Waals surface area contributed by atoms with E-state index in [-0.39, 0.29) is 12.0 Å². The van der Waals surface area contributed by atoms with Crippen molar-refractivity contribution in [2.45, 2.75) is 38.3 Å².